The normalized spacial score (nSPS) is 15.8. The van der Waals surface area contributed by atoms with E-state index >= 15 is 0 Å². The van der Waals surface area contributed by atoms with Crippen LogP contribution in [0.15, 0.2) is 16.8 Å². The van der Waals surface area contributed by atoms with Gasteiger partial charge in [0.05, 0.1) is 16.6 Å². The highest BCUT2D eigenvalue weighted by molar-refractivity contribution is 5.97. The first-order valence-electron chi connectivity index (χ1n) is 7.35. The molecule has 0 radical (unpaired) electrons. The molecule has 1 saturated heterocycles. The molecule has 7 heteroatoms. The van der Waals surface area contributed by atoms with E-state index in [1.54, 1.807) is 6.20 Å². The number of pyridine rings is 1. The Morgan fingerprint density at radius 1 is 1.45 bits per heavy atom. The number of halogens is 1. The molecule has 6 nitrogen and oxygen atoms in total. The van der Waals surface area contributed by atoms with Gasteiger partial charge in [-0.05, 0) is 45.3 Å². The Labute approximate surface area is 135 Å². The van der Waals surface area contributed by atoms with Crippen molar-refractivity contribution < 1.29 is 9.32 Å². The summed E-state index contributed by atoms with van der Waals surface area (Å²) in [6, 6.07) is 1.83. The van der Waals surface area contributed by atoms with Crippen LogP contribution in [0, 0.1) is 12.8 Å². The van der Waals surface area contributed by atoms with Gasteiger partial charge in [0.1, 0.15) is 0 Å². The molecule has 0 atom stereocenters. The number of nitrogens with one attached hydrogen (secondary N) is 1. The number of carbonyl (C=O) groups is 1. The largest absolute Gasteiger partial charge is 0.339 e. The van der Waals surface area contributed by atoms with E-state index < -0.39 is 0 Å². The Morgan fingerprint density at radius 2 is 2.18 bits per heavy atom. The zero-order valence-corrected chi connectivity index (χ0v) is 13.7. The van der Waals surface area contributed by atoms with E-state index in [9.17, 15) is 4.79 Å². The van der Waals surface area contributed by atoms with Crippen molar-refractivity contribution in [3.8, 4) is 0 Å². The van der Waals surface area contributed by atoms with Crippen molar-refractivity contribution >= 4 is 29.4 Å². The Bertz CT molecular complexity index is 650. The lowest BCUT2D eigenvalue weighted by Gasteiger charge is -2.31. The van der Waals surface area contributed by atoms with Crippen molar-refractivity contribution in [2.75, 3.05) is 26.7 Å². The highest BCUT2D eigenvalue weighted by Crippen LogP contribution is 2.21. The predicted molar refractivity (Wildman–Crippen MR) is 86.3 cm³/mol. The summed E-state index contributed by atoms with van der Waals surface area (Å²) in [5.74, 6) is 0.716. The van der Waals surface area contributed by atoms with Crippen LogP contribution < -0.4 is 5.32 Å². The summed E-state index contributed by atoms with van der Waals surface area (Å²) in [4.78, 5) is 18.7. The minimum Gasteiger partial charge on any atom is -0.339 e. The zero-order valence-electron chi connectivity index (χ0n) is 12.8. The van der Waals surface area contributed by atoms with E-state index in [1.807, 2.05) is 24.9 Å². The standard InChI is InChI=1S/C15H20N4O2.ClH/c1-10-13-7-12(9-17-14(13)21-18-10)15(20)19-5-3-11(4-6-19)8-16-2;/h7,9,11,16H,3-6,8H2,1-2H3;1H. The number of hydrogen-bond acceptors (Lipinski definition) is 5. The van der Waals surface area contributed by atoms with E-state index in [0.717, 1.165) is 43.6 Å². The maximum atomic E-state index is 12.6. The molecule has 0 aromatic carbocycles. The summed E-state index contributed by atoms with van der Waals surface area (Å²) in [6.07, 6.45) is 3.68. The molecule has 0 spiro atoms. The number of carbonyl (C=O) groups excluding carboxylic acids is 1. The molecule has 1 N–H and O–H groups in total. The van der Waals surface area contributed by atoms with E-state index in [1.165, 1.54) is 0 Å². The van der Waals surface area contributed by atoms with Crippen LogP contribution in [0.3, 0.4) is 0 Å². The lowest BCUT2D eigenvalue weighted by Crippen LogP contribution is -2.40. The van der Waals surface area contributed by atoms with Crippen LogP contribution in [0.4, 0.5) is 0 Å². The molecule has 1 aliphatic rings. The maximum absolute atomic E-state index is 12.6. The Balaban J connectivity index is 0.00000176. The van der Waals surface area contributed by atoms with Gasteiger partial charge < -0.3 is 14.7 Å². The molecule has 0 unspecified atom stereocenters. The van der Waals surface area contributed by atoms with Gasteiger partial charge >= 0.3 is 0 Å². The van der Waals surface area contributed by atoms with Crippen LogP contribution in [0.1, 0.15) is 28.9 Å². The molecule has 3 heterocycles. The average Bonchev–Trinajstić information content (AvgIpc) is 2.89. The third kappa shape index (κ3) is 3.23. The third-order valence-electron chi connectivity index (χ3n) is 4.15. The summed E-state index contributed by atoms with van der Waals surface area (Å²) in [6.45, 7) is 4.50. The second kappa shape index (κ2) is 7.07. The zero-order chi connectivity index (χ0) is 14.8. The van der Waals surface area contributed by atoms with E-state index in [4.69, 9.17) is 4.52 Å². The molecule has 0 saturated carbocycles. The number of rotatable bonds is 3. The number of aromatic nitrogens is 2. The smallest absolute Gasteiger partial charge is 0.257 e. The lowest BCUT2D eigenvalue weighted by atomic mass is 9.96. The Morgan fingerprint density at radius 3 is 2.86 bits per heavy atom. The number of fused-ring (bicyclic) bond motifs is 1. The van der Waals surface area contributed by atoms with Crippen molar-refractivity contribution in [3.63, 3.8) is 0 Å². The predicted octanol–water partition coefficient (Wildman–Crippen LogP) is 2.02. The molecule has 22 heavy (non-hydrogen) atoms. The van der Waals surface area contributed by atoms with Gasteiger partial charge in [-0.1, -0.05) is 5.16 Å². The van der Waals surface area contributed by atoms with Gasteiger partial charge in [-0.3, -0.25) is 4.79 Å². The van der Waals surface area contributed by atoms with Crippen LogP contribution >= 0.6 is 12.4 Å². The number of amides is 1. The number of aryl methyl sites for hydroxylation is 1. The number of likely N-dealkylation sites (tertiary alicyclic amines) is 1. The first-order chi connectivity index (χ1) is 10.2. The van der Waals surface area contributed by atoms with Crippen LogP contribution in [0.25, 0.3) is 11.1 Å². The number of hydrogen-bond donors (Lipinski definition) is 1. The topological polar surface area (TPSA) is 71.3 Å². The molecular weight excluding hydrogens is 304 g/mol. The first kappa shape index (κ1) is 16.7. The fourth-order valence-corrected chi connectivity index (χ4v) is 2.87. The van der Waals surface area contributed by atoms with Gasteiger partial charge in [-0.2, -0.15) is 0 Å². The van der Waals surface area contributed by atoms with Gasteiger partial charge in [-0.15, -0.1) is 12.4 Å². The molecule has 2 aromatic heterocycles. The van der Waals surface area contributed by atoms with Crippen molar-refractivity contribution in [2.45, 2.75) is 19.8 Å². The maximum Gasteiger partial charge on any atom is 0.257 e. The van der Waals surface area contributed by atoms with Gasteiger partial charge in [0.2, 0.25) is 0 Å². The average molecular weight is 325 g/mol. The number of nitrogens with zero attached hydrogens (tertiary/aromatic N) is 3. The molecule has 1 aliphatic heterocycles. The van der Waals surface area contributed by atoms with Crippen LogP contribution in [-0.2, 0) is 0 Å². The third-order valence-corrected chi connectivity index (χ3v) is 4.15. The Hall–Kier alpha value is -1.66. The van der Waals surface area contributed by atoms with Crippen LogP contribution in [0.2, 0.25) is 0 Å². The summed E-state index contributed by atoms with van der Waals surface area (Å²) < 4.78 is 5.08. The van der Waals surface area contributed by atoms with Crippen molar-refractivity contribution in [1.29, 1.82) is 0 Å². The minimum absolute atomic E-state index is 0. The SMILES string of the molecule is CNCC1CCN(C(=O)c2cnc3onc(C)c3c2)CC1.Cl. The first-order valence-corrected chi connectivity index (χ1v) is 7.35. The molecule has 1 amide bonds. The number of piperidine rings is 1. The molecule has 2 aromatic rings. The van der Waals surface area contributed by atoms with Crippen molar-refractivity contribution in [2.24, 2.45) is 5.92 Å². The van der Waals surface area contributed by atoms with Crippen LogP contribution in [-0.4, -0.2) is 47.6 Å². The van der Waals surface area contributed by atoms with Crippen molar-refractivity contribution in [3.05, 3.63) is 23.5 Å². The minimum atomic E-state index is 0. The second-order valence-corrected chi connectivity index (χ2v) is 5.64. The Kier molecular flexibility index (Phi) is 5.37. The highest BCUT2D eigenvalue weighted by atomic mass is 35.5. The van der Waals surface area contributed by atoms with Crippen LogP contribution in [0.5, 0.6) is 0 Å². The van der Waals surface area contributed by atoms with E-state index in [-0.39, 0.29) is 18.3 Å². The fourth-order valence-electron chi connectivity index (χ4n) is 2.87. The molecule has 0 bridgehead atoms. The fraction of sp³-hybridized carbons (Fsp3) is 0.533. The second-order valence-electron chi connectivity index (χ2n) is 5.64. The summed E-state index contributed by atoms with van der Waals surface area (Å²) in [5.41, 5.74) is 1.86. The summed E-state index contributed by atoms with van der Waals surface area (Å²) in [7, 11) is 1.97. The molecule has 1 fully saturated rings. The van der Waals surface area contributed by atoms with E-state index in [0.29, 0.717) is 17.2 Å². The summed E-state index contributed by atoms with van der Waals surface area (Å²) >= 11 is 0. The summed E-state index contributed by atoms with van der Waals surface area (Å²) in [5, 5.41) is 7.89. The molecular formula is C15H21ClN4O2. The van der Waals surface area contributed by atoms with Gasteiger partial charge in [-0.25, -0.2) is 4.98 Å². The monoisotopic (exact) mass is 324 g/mol. The van der Waals surface area contributed by atoms with Gasteiger partial charge in [0.25, 0.3) is 11.6 Å². The quantitative estimate of drug-likeness (QED) is 0.935. The van der Waals surface area contributed by atoms with Gasteiger partial charge in [0, 0.05) is 19.3 Å². The molecule has 0 aliphatic carbocycles. The highest BCUT2D eigenvalue weighted by Gasteiger charge is 2.24. The van der Waals surface area contributed by atoms with Gasteiger partial charge in [0.15, 0.2) is 0 Å². The van der Waals surface area contributed by atoms with Crippen molar-refractivity contribution in [1.82, 2.24) is 20.4 Å². The van der Waals surface area contributed by atoms with E-state index in [2.05, 4.69) is 15.5 Å². The molecule has 120 valence electrons. The molecule has 3 rings (SSSR count). The lowest BCUT2D eigenvalue weighted by molar-refractivity contribution is 0.0690.